The maximum Gasteiger partial charge on any atom is 0.258 e. The molecule has 42 heavy (non-hydrogen) atoms. The number of benzene rings is 1. The number of rotatable bonds is 10. The van der Waals surface area contributed by atoms with Gasteiger partial charge in [-0.2, -0.15) is 5.10 Å². The number of amides is 1. The molecule has 1 saturated heterocycles. The monoisotopic (exact) mass is 573 g/mol. The summed E-state index contributed by atoms with van der Waals surface area (Å²) in [5.41, 5.74) is 3.72. The molecule has 11 nitrogen and oxygen atoms in total. The van der Waals surface area contributed by atoms with E-state index >= 15 is 0 Å². The first-order chi connectivity index (χ1) is 20.0. The van der Waals surface area contributed by atoms with Crippen LogP contribution in [0.15, 0.2) is 48.9 Å². The minimum Gasteiger partial charge on any atom is -0.389 e. The minimum absolute atomic E-state index is 0.276. The summed E-state index contributed by atoms with van der Waals surface area (Å²) in [6, 6.07) is 10.2. The first kappa shape index (κ1) is 29.7. The standard InChI is InChI=1S/C31H43N9O2/c1-31(2,42)21-40-28-18-25(39-13-10-24(11-14-39)37(5)16-15-36(3)4)7-8-26(28)34-30(40)35-29(41)22-9-12-32-27(17-22)23-19-33-38(6)20-23/h7-9,12,17-20,24,42H,10-11,13-16,21H2,1-6H3,(H,34,35,41). The van der Waals surface area contributed by atoms with E-state index in [1.165, 1.54) is 0 Å². The number of aromatic nitrogens is 5. The zero-order chi connectivity index (χ0) is 30.0. The van der Waals surface area contributed by atoms with Gasteiger partial charge in [-0.05, 0) is 78.2 Å². The number of likely N-dealkylation sites (N-methyl/N-ethyl adjacent to an activating group) is 2. The molecular weight excluding hydrogens is 530 g/mol. The van der Waals surface area contributed by atoms with Crippen LogP contribution in [0.1, 0.15) is 37.0 Å². The van der Waals surface area contributed by atoms with Crippen LogP contribution in [-0.2, 0) is 13.6 Å². The highest BCUT2D eigenvalue weighted by atomic mass is 16.3. The Hall–Kier alpha value is -3.80. The summed E-state index contributed by atoms with van der Waals surface area (Å²) in [5.74, 6) is 0.103. The molecule has 0 aliphatic carbocycles. The Balaban J connectivity index is 1.36. The van der Waals surface area contributed by atoms with Gasteiger partial charge in [-0.3, -0.25) is 19.8 Å². The summed E-state index contributed by atoms with van der Waals surface area (Å²) in [5, 5.41) is 18.0. The number of aliphatic hydroxyl groups is 1. The van der Waals surface area contributed by atoms with Gasteiger partial charge in [-0.25, -0.2) is 4.98 Å². The number of nitrogens with one attached hydrogen (secondary N) is 1. The lowest BCUT2D eigenvalue weighted by atomic mass is 10.0. The number of hydrogen-bond donors (Lipinski definition) is 2. The van der Waals surface area contributed by atoms with Crippen molar-refractivity contribution in [2.45, 2.75) is 44.9 Å². The highest BCUT2D eigenvalue weighted by Crippen LogP contribution is 2.29. The number of aryl methyl sites for hydroxylation is 1. The lowest BCUT2D eigenvalue weighted by Gasteiger charge is -2.38. The lowest BCUT2D eigenvalue weighted by molar-refractivity contribution is 0.0630. The normalized spacial score (nSPS) is 14.8. The number of carbonyl (C=O) groups is 1. The Labute approximate surface area is 247 Å². The molecule has 2 N–H and O–H groups in total. The molecule has 1 aliphatic heterocycles. The van der Waals surface area contributed by atoms with Crippen LogP contribution in [0.4, 0.5) is 11.6 Å². The van der Waals surface area contributed by atoms with Gasteiger partial charge in [0, 0.05) is 68.5 Å². The largest absolute Gasteiger partial charge is 0.389 e. The highest BCUT2D eigenvalue weighted by molar-refractivity contribution is 6.04. The van der Waals surface area contributed by atoms with Gasteiger partial charge in [0.25, 0.3) is 5.91 Å². The smallest absolute Gasteiger partial charge is 0.258 e. The number of nitrogens with zero attached hydrogens (tertiary/aromatic N) is 8. The molecule has 1 aliphatic rings. The van der Waals surface area contributed by atoms with Crippen molar-refractivity contribution in [3.05, 3.63) is 54.5 Å². The SMILES string of the molecule is CN(C)CCN(C)C1CCN(c2ccc3nc(NC(=O)c4ccnc(-c5cnn(C)c5)c4)n(CC(C)(C)O)c3c2)CC1. The molecule has 1 aromatic carbocycles. The van der Waals surface area contributed by atoms with Gasteiger partial charge in [0.05, 0.1) is 35.1 Å². The van der Waals surface area contributed by atoms with Crippen LogP contribution in [0.3, 0.4) is 0 Å². The van der Waals surface area contributed by atoms with Crippen LogP contribution in [0, 0.1) is 0 Å². The Morgan fingerprint density at radius 3 is 2.55 bits per heavy atom. The number of fused-ring (bicyclic) bond motifs is 1. The molecule has 5 rings (SSSR count). The Morgan fingerprint density at radius 2 is 1.88 bits per heavy atom. The predicted octanol–water partition coefficient (Wildman–Crippen LogP) is 3.32. The first-order valence-electron chi connectivity index (χ1n) is 14.6. The minimum atomic E-state index is -1.01. The van der Waals surface area contributed by atoms with Crippen LogP contribution < -0.4 is 10.2 Å². The maximum atomic E-state index is 13.4. The van der Waals surface area contributed by atoms with Gasteiger partial charge in [0.2, 0.25) is 5.95 Å². The van der Waals surface area contributed by atoms with Crippen LogP contribution >= 0.6 is 0 Å². The number of hydrogen-bond acceptors (Lipinski definition) is 8. The average molecular weight is 574 g/mol. The summed E-state index contributed by atoms with van der Waals surface area (Å²) in [7, 11) is 8.30. The zero-order valence-corrected chi connectivity index (χ0v) is 25.6. The number of pyridine rings is 1. The third-order valence-electron chi connectivity index (χ3n) is 7.88. The van der Waals surface area contributed by atoms with Crippen molar-refractivity contribution in [2.24, 2.45) is 7.05 Å². The molecule has 11 heteroatoms. The fraction of sp³-hybridized carbons (Fsp3) is 0.484. The van der Waals surface area contributed by atoms with Crippen LogP contribution in [0.25, 0.3) is 22.3 Å². The van der Waals surface area contributed by atoms with E-state index in [1.807, 2.05) is 23.9 Å². The number of imidazole rings is 1. The number of carbonyl (C=O) groups excluding carboxylic acids is 1. The van der Waals surface area contributed by atoms with Crippen LogP contribution in [0.2, 0.25) is 0 Å². The quantitative estimate of drug-likeness (QED) is 0.298. The van der Waals surface area contributed by atoms with Crippen molar-refractivity contribution in [3.8, 4) is 11.3 Å². The Bertz CT molecular complexity index is 1530. The Morgan fingerprint density at radius 1 is 1.12 bits per heavy atom. The molecule has 0 unspecified atom stereocenters. The van der Waals surface area contributed by atoms with Gasteiger partial charge in [0.1, 0.15) is 0 Å². The Kier molecular flexibility index (Phi) is 8.63. The zero-order valence-electron chi connectivity index (χ0n) is 25.6. The average Bonchev–Trinajstić information content (AvgIpc) is 3.54. The molecule has 0 bridgehead atoms. The van der Waals surface area contributed by atoms with Gasteiger partial charge >= 0.3 is 0 Å². The summed E-state index contributed by atoms with van der Waals surface area (Å²) in [4.78, 5) is 29.7. The number of piperidine rings is 1. The highest BCUT2D eigenvalue weighted by Gasteiger charge is 2.25. The van der Waals surface area contributed by atoms with E-state index in [0.29, 0.717) is 23.2 Å². The van der Waals surface area contributed by atoms with Crippen molar-refractivity contribution in [1.82, 2.24) is 34.1 Å². The third kappa shape index (κ3) is 6.97. The van der Waals surface area contributed by atoms with Crippen molar-refractivity contribution in [3.63, 3.8) is 0 Å². The molecule has 0 saturated carbocycles. The molecule has 0 spiro atoms. The number of anilines is 2. The molecule has 0 radical (unpaired) electrons. The fourth-order valence-electron chi connectivity index (χ4n) is 5.51. The van der Waals surface area contributed by atoms with E-state index < -0.39 is 5.60 Å². The van der Waals surface area contributed by atoms with Crippen LogP contribution in [-0.4, -0.2) is 104 Å². The molecular formula is C31H43N9O2. The van der Waals surface area contributed by atoms with Gasteiger partial charge in [0.15, 0.2) is 0 Å². The maximum absolute atomic E-state index is 13.4. The van der Waals surface area contributed by atoms with Crippen molar-refractivity contribution < 1.29 is 9.90 Å². The topological polar surface area (TPSA) is 108 Å². The summed E-state index contributed by atoms with van der Waals surface area (Å²) in [6.07, 6.45) is 7.41. The summed E-state index contributed by atoms with van der Waals surface area (Å²) >= 11 is 0. The van der Waals surface area contributed by atoms with Gasteiger partial charge < -0.3 is 24.4 Å². The first-order valence-corrected chi connectivity index (χ1v) is 14.6. The molecule has 0 atom stereocenters. The molecule has 3 aromatic heterocycles. The van der Waals surface area contributed by atoms with Gasteiger partial charge in [-0.15, -0.1) is 0 Å². The van der Waals surface area contributed by atoms with E-state index in [2.05, 4.69) is 63.4 Å². The van der Waals surface area contributed by atoms with E-state index in [4.69, 9.17) is 4.98 Å². The molecule has 4 aromatic rings. The second-order valence-corrected chi connectivity index (χ2v) is 12.3. The summed E-state index contributed by atoms with van der Waals surface area (Å²) in [6.45, 7) is 7.88. The van der Waals surface area contributed by atoms with E-state index in [-0.39, 0.29) is 12.5 Å². The second-order valence-electron chi connectivity index (χ2n) is 12.3. The third-order valence-corrected chi connectivity index (χ3v) is 7.88. The van der Waals surface area contributed by atoms with E-state index in [1.54, 1.807) is 43.1 Å². The lowest BCUT2D eigenvalue weighted by Crippen LogP contribution is -2.45. The van der Waals surface area contributed by atoms with E-state index in [0.717, 1.165) is 61.3 Å². The molecule has 224 valence electrons. The van der Waals surface area contributed by atoms with Gasteiger partial charge in [-0.1, -0.05) is 0 Å². The van der Waals surface area contributed by atoms with Crippen LogP contribution in [0.5, 0.6) is 0 Å². The van der Waals surface area contributed by atoms with Crippen molar-refractivity contribution in [2.75, 3.05) is 57.5 Å². The second kappa shape index (κ2) is 12.2. The molecule has 1 amide bonds. The molecule has 1 fully saturated rings. The fourth-order valence-corrected chi connectivity index (χ4v) is 5.51. The van der Waals surface area contributed by atoms with Crippen molar-refractivity contribution >= 4 is 28.6 Å². The summed E-state index contributed by atoms with van der Waals surface area (Å²) < 4.78 is 3.60. The van der Waals surface area contributed by atoms with Crippen molar-refractivity contribution in [1.29, 1.82) is 0 Å². The van der Waals surface area contributed by atoms with E-state index in [9.17, 15) is 9.90 Å². The molecule has 4 heterocycles. The predicted molar refractivity (Wildman–Crippen MR) is 167 cm³/mol.